The Morgan fingerprint density at radius 2 is 1.76 bits per heavy atom. The Hall–Kier alpha value is -3.24. The molecule has 2 N–H and O–H groups in total. The molecule has 0 bridgehead atoms. The van der Waals surface area contributed by atoms with Gasteiger partial charge < -0.3 is 10.6 Å². The van der Waals surface area contributed by atoms with E-state index in [1.165, 1.54) is 0 Å². The van der Waals surface area contributed by atoms with E-state index in [1.807, 2.05) is 18.2 Å². The van der Waals surface area contributed by atoms with Crippen LogP contribution in [0.4, 0.5) is 17.2 Å². The lowest BCUT2D eigenvalue weighted by atomic mass is 10.2. The average molecular weight is 394 g/mol. The first-order valence-corrected chi connectivity index (χ1v) is 8.12. The van der Waals surface area contributed by atoms with Crippen LogP contribution in [0.3, 0.4) is 0 Å². The molecule has 1 aromatic heterocycles. The molecular weight excluding hydrogens is 382 g/mol. The van der Waals surface area contributed by atoms with Crippen LogP contribution in [-0.4, -0.2) is 16.1 Å². The number of aromatic nitrogens is 2. The standard InChI is InChI=1S/C18H12BrN5O/c19-14-3-1-2-4-15(14)22-18(25)16-9-10-17(24-23-16)21-13-7-5-12(11-20)6-8-13/h1-10H,(H,21,24)(H,22,25). The predicted molar refractivity (Wildman–Crippen MR) is 98.6 cm³/mol. The van der Waals surface area contributed by atoms with E-state index in [1.54, 1.807) is 42.5 Å². The molecule has 0 atom stereocenters. The third-order valence-electron chi connectivity index (χ3n) is 3.31. The molecule has 0 saturated heterocycles. The van der Waals surface area contributed by atoms with Gasteiger partial charge in [-0.1, -0.05) is 12.1 Å². The van der Waals surface area contributed by atoms with Gasteiger partial charge in [-0.15, -0.1) is 10.2 Å². The fraction of sp³-hybridized carbons (Fsp3) is 0. The molecule has 7 heteroatoms. The number of nitrogens with zero attached hydrogens (tertiary/aromatic N) is 3. The molecule has 0 fully saturated rings. The Kier molecular flexibility index (Phi) is 5.02. The van der Waals surface area contributed by atoms with Gasteiger partial charge in [0.05, 0.1) is 17.3 Å². The highest BCUT2D eigenvalue weighted by molar-refractivity contribution is 9.10. The van der Waals surface area contributed by atoms with Crippen molar-refractivity contribution in [2.45, 2.75) is 0 Å². The summed E-state index contributed by atoms with van der Waals surface area (Å²) in [4.78, 5) is 12.2. The minimum Gasteiger partial charge on any atom is -0.339 e. The Morgan fingerprint density at radius 1 is 1.00 bits per heavy atom. The molecule has 3 aromatic rings. The Bertz CT molecular complexity index is 933. The SMILES string of the molecule is N#Cc1ccc(Nc2ccc(C(=O)Nc3ccccc3Br)nn2)cc1. The van der Waals surface area contributed by atoms with Crippen molar-refractivity contribution < 1.29 is 4.79 Å². The zero-order valence-electron chi connectivity index (χ0n) is 12.9. The number of halogens is 1. The number of carbonyl (C=O) groups is 1. The molecule has 0 spiro atoms. The van der Waals surface area contributed by atoms with Crippen molar-refractivity contribution in [2.75, 3.05) is 10.6 Å². The summed E-state index contributed by atoms with van der Waals surface area (Å²) in [7, 11) is 0. The van der Waals surface area contributed by atoms with E-state index < -0.39 is 0 Å². The van der Waals surface area contributed by atoms with Crippen LogP contribution in [0.1, 0.15) is 16.1 Å². The fourth-order valence-electron chi connectivity index (χ4n) is 2.04. The van der Waals surface area contributed by atoms with Gasteiger partial charge in [0, 0.05) is 10.2 Å². The Balaban J connectivity index is 1.68. The van der Waals surface area contributed by atoms with Crippen LogP contribution >= 0.6 is 15.9 Å². The summed E-state index contributed by atoms with van der Waals surface area (Å²) >= 11 is 3.38. The number of anilines is 3. The Morgan fingerprint density at radius 3 is 2.40 bits per heavy atom. The molecule has 1 amide bonds. The van der Waals surface area contributed by atoms with Crippen molar-refractivity contribution >= 4 is 39.0 Å². The maximum absolute atomic E-state index is 12.2. The van der Waals surface area contributed by atoms with Gasteiger partial charge in [0.15, 0.2) is 11.5 Å². The summed E-state index contributed by atoms with van der Waals surface area (Å²) in [5.41, 5.74) is 2.23. The zero-order valence-corrected chi connectivity index (χ0v) is 14.5. The van der Waals surface area contributed by atoms with Crippen LogP contribution in [0.25, 0.3) is 0 Å². The van der Waals surface area contributed by atoms with Crippen molar-refractivity contribution in [3.63, 3.8) is 0 Å². The number of carbonyl (C=O) groups excluding carboxylic acids is 1. The van der Waals surface area contributed by atoms with Crippen LogP contribution in [0.2, 0.25) is 0 Å². The van der Waals surface area contributed by atoms with Crippen LogP contribution in [0.5, 0.6) is 0 Å². The first-order valence-electron chi connectivity index (χ1n) is 7.32. The van der Waals surface area contributed by atoms with E-state index in [2.05, 4.69) is 42.8 Å². The van der Waals surface area contributed by atoms with Gasteiger partial charge in [0.25, 0.3) is 5.91 Å². The van der Waals surface area contributed by atoms with Gasteiger partial charge >= 0.3 is 0 Å². The first-order chi connectivity index (χ1) is 12.2. The van der Waals surface area contributed by atoms with Crippen molar-refractivity contribution in [1.29, 1.82) is 5.26 Å². The first kappa shape index (κ1) is 16.6. The largest absolute Gasteiger partial charge is 0.339 e. The molecule has 6 nitrogen and oxygen atoms in total. The molecule has 0 aliphatic rings. The fourth-order valence-corrected chi connectivity index (χ4v) is 2.43. The van der Waals surface area contributed by atoms with E-state index in [0.29, 0.717) is 17.1 Å². The van der Waals surface area contributed by atoms with Crippen molar-refractivity contribution in [1.82, 2.24) is 10.2 Å². The molecule has 0 saturated carbocycles. The summed E-state index contributed by atoms with van der Waals surface area (Å²) in [6, 6.07) is 19.6. The molecule has 0 aliphatic carbocycles. The van der Waals surface area contributed by atoms with E-state index in [-0.39, 0.29) is 11.6 Å². The smallest absolute Gasteiger partial charge is 0.276 e. The topological polar surface area (TPSA) is 90.7 Å². The lowest BCUT2D eigenvalue weighted by Crippen LogP contribution is -2.14. The normalized spacial score (nSPS) is 9.92. The van der Waals surface area contributed by atoms with Gasteiger partial charge in [0.1, 0.15) is 0 Å². The van der Waals surface area contributed by atoms with Crippen molar-refractivity contribution in [3.05, 3.63) is 76.4 Å². The highest BCUT2D eigenvalue weighted by atomic mass is 79.9. The third-order valence-corrected chi connectivity index (χ3v) is 4.00. The summed E-state index contributed by atoms with van der Waals surface area (Å²) in [5.74, 6) is 0.159. The quantitative estimate of drug-likeness (QED) is 0.695. The minimum absolute atomic E-state index is 0.209. The lowest BCUT2D eigenvalue weighted by Gasteiger charge is -2.07. The molecule has 1 heterocycles. The van der Waals surface area contributed by atoms with E-state index in [9.17, 15) is 4.79 Å². The molecule has 2 aromatic carbocycles. The van der Waals surface area contributed by atoms with Gasteiger partial charge in [-0.05, 0) is 64.5 Å². The second-order valence-corrected chi connectivity index (χ2v) is 5.91. The summed E-state index contributed by atoms with van der Waals surface area (Å²) in [6.45, 7) is 0. The van der Waals surface area contributed by atoms with Crippen LogP contribution < -0.4 is 10.6 Å². The van der Waals surface area contributed by atoms with Gasteiger partial charge in [-0.25, -0.2) is 0 Å². The van der Waals surface area contributed by atoms with Crippen LogP contribution in [0.15, 0.2) is 65.1 Å². The average Bonchev–Trinajstić information content (AvgIpc) is 2.65. The number of nitrogens with one attached hydrogen (secondary N) is 2. The second-order valence-electron chi connectivity index (χ2n) is 5.05. The number of hydrogen-bond acceptors (Lipinski definition) is 5. The van der Waals surface area contributed by atoms with E-state index >= 15 is 0 Å². The lowest BCUT2D eigenvalue weighted by molar-refractivity contribution is 0.102. The highest BCUT2D eigenvalue weighted by Crippen LogP contribution is 2.21. The number of rotatable bonds is 4. The molecule has 3 rings (SSSR count). The zero-order chi connectivity index (χ0) is 17.6. The molecule has 0 aliphatic heterocycles. The van der Waals surface area contributed by atoms with Crippen molar-refractivity contribution in [2.24, 2.45) is 0 Å². The van der Waals surface area contributed by atoms with E-state index in [4.69, 9.17) is 5.26 Å². The number of nitriles is 1. The third kappa shape index (κ3) is 4.19. The highest BCUT2D eigenvalue weighted by Gasteiger charge is 2.10. The monoisotopic (exact) mass is 393 g/mol. The maximum atomic E-state index is 12.2. The van der Waals surface area contributed by atoms with Crippen molar-refractivity contribution in [3.8, 4) is 6.07 Å². The molecular formula is C18H12BrN5O. The summed E-state index contributed by atoms with van der Waals surface area (Å²) in [6.07, 6.45) is 0. The number of para-hydroxylation sites is 1. The van der Waals surface area contributed by atoms with Crippen LogP contribution in [-0.2, 0) is 0 Å². The molecule has 0 unspecified atom stereocenters. The van der Waals surface area contributed by atoms with Gasteiger partial charge in [-0.3, -0.25) is 4.79 Å². The molecule has 25 heavy (non-hydrogen) atoms. The molecule has 0 radical (unpaired) electrons. The number of benzene rings is 2. The second kappa shape index (κ2) is 7.55. The summed E-state index contributed by atoms with van der Waals surface area (Å²) in [5, 5.41) is 22.6. The maximum Gasteiger partial charge on any atom is 0.276 e. The Labute approximate surface area is 152 Å². The van der Waals surface area contributed by atoms with Crippen LogP contribution in [0, 0.1) is 11.3 Å². The number of hydrogen-bond donors (Lipinski definition) is 2. The number of amides is 1. The van der Waals surface area contributed by atoms with Gasteiger partial charge in [-0.2, -0.15) is 5.26 Å². The molecule has 122 valence electrons. The summed E-state index contributed by atoms with van der Waals surface area (Å²) < 4.78 is 0.787. The van der Waals surface area contributed by atoms with E-state index in [0.717, 1.165) is 10.2 Å². The van der Waals surface area contributed by atoms with Gasteiger partial charge in [0.2, 0.25) is 0 Å². The minimum atomic E-state index is -0.343. The predicted octanol–water partition coefficient (Wildman–Crippen LogP) is 4.11.